The summed E-state index contributed by atoms with van der Waals surface area (Å²) in [5.41, 5.74) is 37.9. The zero-order chi connectivity index (χ0) is 62.0. The molecule has 0 bridgehead atoms. The number of Topliss-reactive ketones (excluding diaryl/α,β-unsaturated/α-hetero) is 3. The van der Waals surface area contributed by atoms with Crippen molar-refractivity contribution in [3.63, 3.8) is 0 Å². The Balaban J connectivity index is -0.000000398. The van der Waals surface area contributed by atoms with Crippen LogP contribution in [0, 0.1) is 0 Å². The molecule has 0 aliphatic heterocycles. The standard InChI is InChI=1S/C31H63N7O4.C12H24N2O4.C8H12O4.C4H12N2.C2H6O/c32-17-7-1-5-15-29(40)27(36-22-12-9-19-34)24-26(39)14-4-3-11-21-37-28(30(41)16-6-2-8-18-33)25-31(42)38-23-13-10-20-35;1-3-17-11(15)9-10(12(16)18-4-2)14-8-6-5-7-13;1-3-11-7(9)5-6-8(10)12-4-2;5-3-1-2-4-6;1-2-3/h27-28,36-37H,1-25,32-35H2,(H,38,42);10,14H,3-9,13H2,1-2H3;5-6H,3-4H2,1-2H3;1-6H2;3H,2H2,1H3/b;;6-5+;;. The van der Waals surface area contributed by atoms with E-state index >= 15 is 0 Å². The predicted octanol–water partition coefficient (Wildman–Crippen LogP) is 2.13. The minimum absolute atomic E-state index is 0.00466. The van der Waals surface area contributed by atoms with E-state index in [2.05, 4.69) is 30.7 Å². The molecule has 0 fully saturated rings. The molecule has 0 aliphatic rings. The SMILES string of the molecule is CCO.CCOC(=O)/C=C/C(=O)OCC.CCOC(=O)CC(NCCCCN)C(=O)OCC.NCCCCCC(=O)C(CC(=O)CCCCCNC(CC(=O)NCCCCN)C(=O)CCCCCN)NCCCCN.NCCCCN. The van der Waals surface area contributed by atoms with Gasteiger partial charge in [-0.05, 0) is 190 Å². The molecule has 24 heteroatoms. The second-order valence-electron chi connectivity index (χ2n) is 18.4. The van der Waals surface area contributed by atoms with Crippen LogP contribution in [-0.4, -0.2) is 175 Å². The van der Waals surface area contributed by atoms with E-state index in [1.54, 1.807) is 34.6 Å². The van der Waals surface area contributed by atoms with E-state index in [0.717, 1.165) is 134 Å². The number of carbonyl (C=O) groups excluding carboxylic acids is 8. The third kappa shape index (κ3) is 66.3. The number of esters is 4. The number of hydrogen-bond acceptors (Lipinski definition) is 23. The van der Waals surface area contributed by atoms with Gasteiger partial charge in [-0.1, -0.05) is 19.3 Å². The van der Waals surface area contributed by atoms with Gasteiger partial charge in [0, 0.05) is 57.4 Å². The number of ether oxygens (including phenoxy) is 4. The van der Waals surface area contributed by atoms with Crippen LogP contribution >= 0.6 is 0 Å². The maximum Gasteiger partial charge on any atom is 0.330 e. The van der Waals surface area contributed by atoms with Crippen molar-refractivity contribution in [2.75, 3.05) is 105 Å². The summed E-state index contributed by atoms with van der Waals surface area (Å²) in [5, 5.41) is 20.0. The van der Waals surface area contributed by atoms with Gasteiger partial charge in [0.25, 0.3) is 0 Å². The molecular formula is C57H117N11O13. The molecule has 0 saturated carbocycles. The van der Waals surface area contributed by atoms with Crippen LogP contribution < -0.4 is 61.4 Å². The predicted molar refractivity (Wildman–Crippen MR) is 321 cm³/mol. The molecular weight excluding hydrogens is 1050 g/mol. The maximum atomic E-state index is 12.8. The fraction of sp³-hybridized carbons (Fsp3) is 0.825. The number of carbonyl (C=O) groups is 8. The molecule has 0 radical (unpaired) electrons. The third-order valence-electron chi connectivity index (χ3n) is 11.2. The highest BCUT2D eigenvalue weighted by atomic mass is 16.5. The van der Waals surface area contributed by atoms with Gasteiger partial charge in [0.1, 0.15) is 23.4 Å². The quantitative estimate of drug-likeness (QED) is 0.0180. The van der Waals surface area contributed by atoms with Crippen molar-refractivity contribution in [2.24, 2.45) is 40.1 Å². The van der Waals surface area contributed by atoms with Crippen LogP contribution in [0.1, 0.15) is 182 Å². The molecule has 0 saturated heterocycles. The average Bonchev–Trinajstić information content (AvgIpc) is 3.44. The monoisotopic (exact) mass is 1160 g/mol. The molecule has 3 unspecified atom stereocenters. The van der Waals surface area contributed by atoms with Gasteiger partial charge in [-0.2, -0.15) is 0 Å². The van der Waals surface area contributed by atoms with Gasteiger partial charge >= 0.3 is 23.9 Å². The number of aliphatic hydroxyl groups is 1. The number of unbranched alkanes of at least 4 members (excludes halogenated alkanes) is 10. The summed E-state index contributed by atoms with van der Waals surface area (Å²) in [7, 11) is 0. The van der Waals surface area contributed by atoms with E-state index in [9.17, 15) is 38.4 Å². The molecule has 0 rings (SSSR count). The number of amides is 1. The summed E-state index contributed by atoms with van der Waals surface area (Å²) in [6.45, 7) is 17.0. The molecule has 0 aromatic carbocycles. The van der Waals surface area contributed by atoms with E-state index < -0.39 is 42.0 Å². The molecule has 19 N–H and O–H groups in total. The lowest BCUT2D eigenvalue weighted by Gasteiger charge is -2.18. The van der Waals surface area contributed by atoms with Crippen molar-refractivity contribution in [2.45, 2.75) is 200 Å². The van der Waals surface area contributed by atoms with Gasteiger partial charge in [0.15, 0.2) is 0 Å². The lowest BCUT2D eigenvalue weighted by atomic mass is 9.98. The van der Waals surface area contributed by atoms with Crippen LogP contribution in [-0.2, 0) is 57.3 Å². The molecule has 478 valence electrons. The van der Waals surface area contributed by atoms with Crippen molar-refractivity contribution in [3.05, 3.63) is 12.2 Å². The number of ketones is 3. The lowest BCUT2D eigenvalue weighted by Crippen LogP contribution is -2.42. The number of nitrogens with two attached hydrogens (primary N) is 7. The Kier molecular flexibility index (Phi) is 73.8. The van der Waals surface area contributed by atoms with Gasteiger partial charge in [-0.3, -0.25) is 28.8 Å². The smallest absolute Gasteiger partial charge is 0.330 e. The first kappa shape index (κ1) is 85.5. The highest BCUT2D eigenvalue weighted by Gasteiger charge is 2.24. The highest BCUT2D eigenvalue weighted by molar-refractivity contribution is 5.92. The normalized spacial score (nSPS) is 11.6. The summed E-state index contributed by atoms with van der Waals surface area (Å²) in [4.78, 5) is 94.9. The van der Waals surface area contributed by atoms with Crippen LogP contribution in [0.3, 0.4) is 0 Å². The Morgan fingerprint density at radius 2 is 0.728 bits per heavy atom. The lowest BCUT2D eigenvalue weighted by molar-refractivity contribution is -0.152. The van der Waals surface area contributed by atoms with Crippen molar-refractivity contribution in [3.8, 4) is 0 Å². The zero-order valence-electron chi connectivity index (χ0n) is 50.9. The van der Waals surface area contributed by atoms with Gasteiger partial charge in [-0.15, -0.1) is 0 Å². The number of hydrogen-bond donors (Lipinski definition) is 12. The van der Waals surface area contributed by atoms with Crippen molar-refractivity contribution in [1.82, 2.24) is 21.3 Å². The van der Waals surface area contributed by atoms with Crippen LogP contribution in [0.2, 0.25) is 0 Å². The fourth-order valence-corrected chi connectivity index (χ4v) is 6.94. The topological polar surface area (TPSA) is 424 Å². The molecule has 0 heterocycles. The van der Waals surface area contributed by atoms with Crippen molar-refractivity contribution in [1.29, 1.82) is 0 Å². The first-order valence-corrected chi connectivity index (χ1v) is 30.0. The van der Waals surface area contributed by atoms with Crippen LogP contribution in [0.25, 0.3) is 0 Å². The summed E-state index contributed by atoms with van der Waals surface area (Å²) < 4.78 is 18.8. The second kappa shape index (κ2) is 69.9. The van der Waals surface area contributed by atoms with E-state index in [1.165, 1.54) is 0 Å². The van der Waals surface area contributed by atoms with Gasteiger partial charge in [-0.25, -0.2) is 9.59 Å². The molecule has 81 heavy (non-hydrogen) atoms. The summed E-state index contributed by atoms with van der Waals surface area (Å²) in [6.07, 6.45) is 18.6. The maximum absolute atomic E-state index is 12.8. The van der Waals surface area contributed by atoms with E-state index in [0.29, 0.717) is 105 Å². The largest absolute Gasteiger partial charge is 0.466 e. The Morgan fingerprint density at radius 1 is 0.395 bits per heavy atom. The van der Waals surface area contributed by atoms with Crippen LogP contribution in [0.15, 0.2) is 12.2 Å². The van der Waals surface area contributed by atoms with Crippen molar-refractivity contribution >= 4 is 47.1 Å². The molecule has 0 spiro atoms. The first-order valence-electron chi connectivity index (χ1n) is 30.0. The molecule has 0 aromatic heterocycles. The van der Waals surface area contributed by atoms with Gasteiger partial charge < -0.3 is 85.5 Å². The highest BCUT2D eigenvalue weighted by Crippen LogP contribution is 2.11. The van der Waals surface area contributed by atoms with Crippen LogP contribution in [0.4, 0.5) is 0 Å². The Morgan fingerprint density at radius 3 is 1.14 bits per heavy atom. The molecule has 3 atom stereocenters. The van der Waals surface area contributed by atoms with Crippen LogP contribution in [0.5, 0.6) is 0 Å². The van der Waals surface area contributed by atoms with E-state index in [4.69, 9.17) is 54.7 Å². The Bertz CT molecular complexity index is 1510. The number of rotatable bonds is 49. The molecule has 1 amide bonds. The third-order valence-corrected chi connectivity index (χ3v) is 11.2. The number of nitrogens with one attached hydrogen (secondary N) is 4. The number of aliphatic hydroxyl groups excluding tert-OH is 1. The fourth-order valence-electron chi connectivity index (χ4n) is 6.94. The summed E-state index contributed by atoms with van der Waals surface area (Å²) in [5.74, 6) is -1.79. The van der Waals surface area contributed by atoms with E-state index in [-0.39, 0.29) is 49.1 Å². The zero-order valence-corrected chi connectivity index (χ0v) is 50.9. The molecule has 24 nitrogen and oxygen atoms in total. The molecule has 0 aromatic rings. The summed E-state index contributed by atoms with van der Waals surface area (Å²) >= 11 is 0. The van der Waals surface area contributed by atoms with Gasteiger partial charge in [0.05, 0.1) is 44.9 Å². The minimum Gasteiger partial charge on any atom is -0.466 e. The second-order valence-corrected chi connectivity index (χ2v) is 18.4. The molecule has 0 aliphatic carbocycles. The van der Waals surface area contributed by atoms with Gasteiger partial charge in [0.2, 0.25) is 5.91 Å². The van der Waals surface area contributed by atoms with E-state index in [1.807, 2.05) is 0 Å². The Hall–Kier alpha value is -4.34. The first-order chi connectivity index (χ1) is 39.1. The Labute approximate surface area is 487 Å². The minimum atomic E-state index is -0.637. The summed E-state index contributed by atoms with van der Waals surface area (Å²) in [6, 6.07) is -1.59. The average molecular weight is 1160 g/mol. The van der Waals surface area contributed by atoms with Crippen molar-refractivity contribution < 1.29 is 62.4 Å².